The third-order valence-electron chi connectivity index (χ3n) is 3.26. The number of hydrogen-bond acceptors (Lipinski definition) is 3. The van der Waals surface area contributed by atoms with E-state index in [9.17, 15) is 13.2 Å². The minimum Gasteiger partial charge on any atom is -0.481 e. The number of carboxylic acids is 1. The summed E-state index contributed by atoms with van der Waals surface area (Å²) in [5, 5.41) is 9.08. The van der Waals surface area contributed by atoms with Crippen LogP contribution in [0.2, 0.25) is 0 Å². The van der Waals surface area contributed by atoms with E-state index in [1.807, 2.05) is 6.92 Å². The quantitative estimate of drug-likeness (QED) is 0.805. The van der Waals surface area contributed by atoms with Gasteiger partial charge in [-0.25, -0.2) is 13.1 Å². The molecule has 20 heavy (non-hydrogen) atoms. The second kappa shape index (κ2) is 6.85. The van der Waals surface area contributed by atoms with Crippen molar-refractivity contribution >= 4 is 16.0 Å². The fraction of sp³-hybridized carbons (Fsp3) is 0.500. The van der Waals surface area contributed by atoms with Gasteiger partial charge in [0.1, 0.15) is 0 Å². The topological polar surface area (TPSA) is 83.5 Å². The number of nitrogens with one attached hydrogen (secondary N) is 1. The Kier molecular flexibility index (Phi) is 5.71. The number of aryl methyl sites for hydroxylation is 1. The maximum absolute atomic E-state index is 12.3. The summed E-state index contributed by atoms with van der Waals surface area (Å²) >= 11 is 0. The Hall–Kier alpha value is -1.40. The molecular formula is C14H21NO4S. The molecule has 0 heterocycles. The van der Waals surface area contributed by atoms with Gasteiger partial charge in [-0.15, -0.1) is 0 Å². The normalized spacial score (nSPS) is 13.4. The van der Waals surface area contributed by atoms with Crippen LogP contribution in [0.15, 0.2) is 29.2 Å². The van der Waals surface area contributed by atoms with Gasteiger partial charge in [0.25, 0.3) is 0 Å². The predicted octanol–water partition coefficient (Wildman–Crippen LogP) is 1.88. The second-order valence-electron chi connectivity index (χ2n) is 5.00. The number of hydrogen-bond donors (Lipinski definition) is 2. The number of sulfonamides is 1. The zero-order valence-electron chi connectivity index (χ0n) is 12.0. The van der Waals surface area contributed by atoms with Gasteiger partial charge >= 0.3 is 5.97 Å². The summed E-state index contributed by atoms with van der Waals surface area (Å²) in [5.74, 6) is -1.87. The molecule has 6 heteroatoms. The highest BCUT2D eigenvalue weighted by Crippen LogP contribution is 2.17. The van der Waals surface area contributed by atoms with Gasteiger partial charge < -0.3 is 5.11 Å². The molecule has 0 aliphatic heterocycles. The Morgan fingerprint density at radius 2 is 1.90 bits per heavy atom. The molecule has 0 saturated carbocycles. The van der Waals surface area contributed by atoms with E-state index in [-0.39, 0.29) is 17.4 Å². The maximum Gasteiger partial charge on any atom is 0.308 e. The molecule has 0 aromatic heterocycles. The van der Waals surface area contributed by atoms with Crippen LogP contribution in [-0.4, -0.2) is 26.0 Å². The van der Waals surface area contributed by atoms with Crippen LogP contribution >= 0.6 is 0 Å². The summed E-state index contributed by atoms with van der Waals surface area (Å²) in [4.78, 5) is 11.3. The zero-order chi connectivity index (χ0) is 15.3. The van der Waals surface area contributed by atoms with E-state index in [2.05, 4.69) is 4.72 Å². The number of rotatable bonds is 7. The molecular weight excluding hydrogens is 278 g/mol. The molecule has 0 aliphatic rings. The molecule has 0 bridgehead atoms. The zero-order valence-corrected chi connectivity index (χ0v) is 12.8. The van der Waals surface area contributed by atoms with Crippen molar-refractivity contribution in [3.63, 3.8) is 0 Å². The monoisotopic (exact) mass is 299 g/mol. The van der Waals surface area contributed by atoms with Crippen molar-refractivity contribution < 1.29 is 18.3 Å². The van der Waals surface area contributed by atoms with Crippen molar-refractivity contribution in [2.75, 3.05) is 6.54 Å². The van der Waals surface area contributed by atoms with Gasteiger partial charge in [-0.1, -0.05) is 39.0 Å². The van der Waals surface area contributed by atoms with Crippen molar-refractivity contribution in [3.8, 4) is 0 Å². The van der Waals surface area contributed by atoms with Crippen LogP contribution in [-0.2, 0) is 21.2 Å². The highest BCUT2D eigenvalue weighted by atomic mass is 32.2. The van der Waals surface area contributed by atoms with E-state index >= 15 is 0 Å². The molecule has 2 N–H and O–H groups in total. The summed E-state index contributed by atoms with van der Waals surface area (Å²) in [6, 6.07) is 6.73. The van der Waals surface area contributed by atoms with E-state index in [1.165, 1.54) is 6.07 Å². The molecule has 0 saturated heterocycles. The van der Waals surface area contributed by atoms with Crippen molar-refractivity contribution in [2.24, 2.45) is 11.8 Å². The van der Waals surface area contributed by atoms with Crippen LogP contribution in [0, 0.1) is 11.8 Å². The number of carboxylic acid groups (broad SMARTS) is 1. The molecule has 5 nitrogen and oxygen atoms in total. The van der Waals surface area contributed by atoms with Crippen LogP contribution in [0.25, 0.3) is 0 Å². The summed E-state index contributed by atoms with van der Waals surface area (Å²) in [7, 11) is -3.68. The largest absolute Gasteiger partial charge is 0.481 e. The molecule has 1 rings (SSSR count). The minimum atomic E-state index is -3.68. The Labute approximate surface area is 120 Å². The van der Waals surface area contributed by atoms with E-state index in [0.29, 0.717) is 6.42 Å². The first-order valence-electron chi connectivity index (χ1n) is 6.60. The highest BCUT2D eigenvalue weighted by Gasteiger charge is 2.25. The van der Waals surface area contributed by atoms with Crippen molar-refractivity contribution in [2.45, 2.75) is 32.1 Å². The average molecular weight is 299 g/mol. The fourth-order valence-corrected chi connectivity index (χ4v) is 3.31. The van der Waals surface area contributed by atoms with Gasteiger partial charge in [0.2, 0.25) is 10.0 Å². The van der Waals surface area contributed by atoms with Crippen molar-refractivity contribution in [1.82, 2.24) is 4.72 Å². The molecule has 1 aromatic rings. The second-order valence-corrected chi connectivity index (χ2v) is 6.74. The summed E-state index contributed by atoms with van der Waals surface area (Å²) in [5.41, 5.74) is 0.719. The van der Waals surface area contributed by atoms with Crippen molar-refractivity contribution in [1.29, 1.82) is 0 Å². The number of aliphatic carboxylic acids is 1. The lowest BCUT2D eigenvalue weighted by molar-refractivity contribution is -0.142. The van der Waals surface area contributed by atoms with Gasteiger partial charge in [0.15, 0.2) is 0 Å². The van der Waals surface area contributed by atoms with E-state index in [4.69, 9.17) is 5.11 Å². The molecule has 0 amide bonds. The Bertz CT molecular complexity index is 566. The van der Waals surface area contributed by atoms with E-state index in [1.54, 1.807) is 32.0 Å². The van der Waals surface area contributed by atoms with Crippen LogP contribution < -0.4 is 4.72 Å². The summed E-state index contributed by atoms with van der Waals surface area (Å²) in [6.45, 7) is 5.29. The summed E-state index contributed by atoms with van der Waals surface area (Å²) in [6.07, 6.45) is 0.601. The number of benzene rings is 1. The SMILES string of the molecule is CCc1ccccc1S(=O)(=O)NC[C@H](C(=O)O)C(C)C. The molecule has 0 fully saturated rings. The smallest absolute Gasteiger partial charge is 0.308 e. The molecule has 112 valence electrons. The number of carbonyl (C=O) groups is 1. The molecule has 1 atom stereocenters. The van der Waals surface area contributed by atoms with E-state index < -0.39 is 21.9 Å². The average Bonchev–Trinajstić information content (AvgIpc) is 2.37. The predicted molar refractivity (Wildman–Crippen MR) is 77.0 cm³/mol. The van der Waals surface area contributed by atoms with Crippen LogP contribution in [0.4, 0.5) is 0 Å². The lowest BCUT2D eigenvalue weighted by Crippen LogP contribution is -2.35. The lowest BCUT2D eigenvalue weighted by atomic mass is 9.97. The molecule has 1 aromatic carbocycles. The Morgan fingerprint density at radius 3 is 2.40 bits per heavy atom. The first-order chi connectivity index (χ1) is 9.29. The summed E-state index contributed by atoms with van der Waals surface area (Å²) < 4.78 is 26.9. The van der Waals surface area contributed by atoms with Gasteiger partial charge in [-0.2, -0.15) is 0 Å². The third kappa shape index (κ3) is 4.05. The van der Waals surface area contributed by atoms with Crippen LogP contribution in [0.1, 0.15) is 26.3 Å². The van der Waals surface area contributed by atoms with Gasteiger partial charge in [0.05, 0.1) is 10.8 Å². The molecule has 0 unspecified atom stereocenters. The standard InChI is InChI=1S/C14H21NO4S/c1-4-11-7-5-6-8-13(11)20(18,19)15-9-12(10(2)3)14(16)17/h5-8,10,12,15H,4,9H2,1-3H3,(H,16,17)/t12-/m0/s1. The third-order valence-corrected chi connectivity index (χ3v) is 4.78. The maximum atomic E-state index is 12.3. The van der Waals surface area contributed by atoms with Gasteiger partial charge in [-0.3, -0.25) is 4.79 Å². The van der Waals surface area contributed by atoms with Crippen LogP contribution in [0.5, 0.6) is 0 Å². The van der Waals surface area contributed by atoms with Gasteiger partial charge in [-0.05, 0) is 24.0 Å². The minimum absolute atomic E-state index is 0.104. The van der Waals surface area contributed by atoms with Gasteiger partial charge in [0, 0.05) is 6.54 Å². The van der Waals surface area contributed by atoms with Crippen molar-refractivity contribution in [3.05, 3.63) is 29.8 Å². The first kappa shape index (κ1) is 16.7. The Morgan fingerprint density at radius 1 is 1.30 bits per heavy atom. The molecule has 0 radical (unpaired) electrons. The van der Waals surface area contributed by atoms with E-state index in [0.717, 1.165) is 5.56 Å². The van der Waals surface area contributed by atoms with Crippen LogP contribution in [0.3, 0.4) is 0 Å². The highest BCUT2D eigenvalue weighted by molar-refractivity contribution is 7.89. The fourth-order valence-electron chi connectivity index (χ4n) is 1.94. The lowest BCUT2D eigenvalue weighted by Gasteiger charge is -2.17. The molecule has 0 spiro atoms. The molecule has 0 aliphatic carbocycles. The first-order valence-corrected chi connectivity index (χ1v) is 8.08. The Balaban J connectivity index is 2.93.